The van der Waals surface area contributed by atoms with E-state index in [-0.39, 0.29) is 18.8 Å². The highest BCUT2D eigenvalue weighted by Crippen LogP contribution is 2.39. The molecule has 2 rings (SSSR count). The minimum absolute atomic E-state index is 0.209. The minimum Gasteiger partial charge on any atom is -0.465 e. The van der Waals surface area contributed by atoms with Gasteiger partial charge < -0.3 is 9.84 Å². The summed E-state index contributed by atoms with van der Waals surface area (Å²) in [5.74, 6) is -0.556. The van der Waals surface area contributed by atoms with E-state index < -0.39 is 18.0 Å². The molecular weight excluding hydrogens is 270 g/mol. The topological polar surface area (TPSA) is 64.4 Å². The molecule has 1 aliphatic carbocycles. The van der Waals surface area contributed by atoms with Crippen molar-refractivity contribution in [2.75, 3.05) is 6.61 Å². The van der Waals surface area contributed by atoms with E-state index in [9.17, 15) is 18.7 Å². The van der Waals surface area contributed by atoms with E-state index in [1.165, 1.54) is 0 Å². The summed E-state index contributed by atoms with van der Waals surface area (Å²) in [4.78, 5) is 11.5. The number of aliphatic hydroxyl groups is 1. The van der Waals surface area contributed by atoms with Gasteiger partial charge in [-0.15, -0.1) is 0 Å². The van der Waals surface area contributed by atoms with Crippen LogP contribution in [0.15, 0.2) is 0 Å². The number of hydrogen-bond acceptors (Lipinski definition) is 4. The van der Waals surface area contributed by atoms with E-state index in [0.717, 1.165) is 4.68 Å². The molecule has 0 aromatic carbocycles. The standard InChI is InChI=1S/C13H18F2N2O3/c1-3-20-9(18)7-17-11-8(10(16-17)12(14)15)5-4-6-13(11,2)19/h12,19H,3-7H2,1-2H3. The second-order valence-electron chi connectivity index (χ2n) is 5.10. The summed E-state index contributed by atoms with van der Waals surface area (Å²) >= 11 is 0. The van der Waals surface area contributed by atoms with Crippen LogP contribution in [0.25, 0.3) is 0 Å². The molecule has 0 spiro atoms. The number of aromatic nitrogens is 2. The Morgan fingerprint density at radius 3 is 2.90 bits per heavy atom. The third kappa shape index (κ3) is 2.67. The Morgan fingerprint density at radius 2 is 2.30 bits per heavy atom. The molecule has 0 saturated carbocycles. The van der Waals surface area contributed by atoms with Crippen LogP contribution in [0.3, 0.4) is 0 Å². The summed E-state index contributed by atoms with van der Waals surface area (Å²) in [6.07, 6.45) is -1.21. The number of halogens is 2. The normalized spacial score (nSPS) is 21.9. The molecule has 20 heavy (non-hydrogen) atoms. The van der Waals surface area contributed by atoms with Gasteiger partial charge in [0.2, 0.25) is 0 Å². The van der Waals surface area contributed by atoms with E-state index in [1.54, 1.807) is 13.8 Å². The molecule has 5 nitrogen and oxygen atoms in total. The molecule has 1 aromatic rings. The van der Waals surface area contributed by atoms with Crippen LogP contribution in [0.1, 0.15) is 50.1 Å². The van der Waals surface area contributed by atoms with Crippen molar-refractivity contribution in [2.24, 2.45) is 0 Å². The van der Waals surface area contributed by atoms with Crippen LogP contribution in [0.2, 0.25) is 0 Å². The van der Waals surface area contributed by atoms with Gasteiger partial charge in [0.15, 0.2) is 0 Å². The van der Waals surface area contributed by atoms with Crippen LogP contribution in [0.4, 0.5) is 8.78 Å². The van der Waals surface area contributed by atoms with E-state index in [2.05, 4.69) is 5.10 Å². The third-order valence-electron chi connectivity index (χ3n) is 3.47. The van der Waals surface area contributed by atoms with E-state index in [4.69, 9.17) is 4.74 Å². The fourth-order valence-corrected chi connectivity index (χ4v) is 2.71. The molecular formula is C13H18F2N2O3. The molecule has 0 amide bonds. The maximum atomic E-state index is 13.0. The predicted octanol–water partition coefficient (Wildman–Crippen LogP) is 1.93. The Balaban J connectivity index is 2.44. The van der Waals surface area contributed by atoms with Gasteiger partial charge in [-0.2, -0.15) is 5.10 Å². The van der Waals surface area contributed by atoms with E-state index >= 15 is 0 Å². The van der Waals surface area contributed by atoms with Gasteiger partial charge in [-0.05, 0) is 33.1 Å². The molecule has 1 unspecified atom stereocenters. The number of alkyl halides is 2. The highest BCUT2D eigenvalue weighted by atomic mass is 19.3. The number of carbonyl (C=O) groups is 1. The van der Waals surface area contributed by atoms with Crippen molar-refractivity contribution < 1.29 is 23.4 Å². The molecule has 0 aliphatic heterocycles. The number of esters is 1. The monoisotopic (exact) mass is 288 g/mol. The second-order valence-corrected chi connectivity index (χ2v) is 5.10. The van der Waals surface area contributed by atoms with Crippen LogP contribution < -0.4 is 0 Å². The van der Waals surface area contributed by atoms with Crippen molar-refractivity contribution in [3.63, 3.8) is 0 Å². The van der Waals surface area contributed by atoms with Crippen molar-refractivity contribution in [3.05, 3.63) is 17.0 Å². The predicted molar refractivity (Wildman–Crippen MR) is 66.3 cm³/mol. The molecule has 112 valence electrons. The largest absolute Gasteiger partial charge is 0.465 e. The van der Waals surface area contributed by atoms with Gasteiger partial charge in [0.1, 0.15) is 17.8 Å². The SMILES string of the molecule is CCOC(=O)Cn1nc(C(F)F)c2c1C(C)(O)CCC2. The molecule has 1 aromatic heterocycles. The molecule has 0 bridgehead atoms. The zero-order valence-corrected chi connectivity index (χ0v) is 11.5. The van der Waals surface area contributed by atoms with Crippen LogP contribution in [0, 0.1) is 0 Å². The maximum absolute atomic E-state index is 13.0. The number of carbonyl (C=O) groups excluding carboxylic acids is 1. The lowest BCUT2D eigenvalue weighted by Gasteiger charge is -2.29. The number of ether oxygens (including phenoxy) is 1. The van der Waals surface area contributed by atoms with Gasteiger partial charge in [0.05, 0.1) is 12.3 Å². The molecule has 1 heterocycles. The zero-order chi connectivity index (χ0) is 14.9. The summed E-state index contributed by atoms with van der Waals surface area (Å²) in [7, 11) is 0. The number of nitrogens with zero attached hydrogens (tertiary/aromatic N) is 2. The van der Waals surface area contributed by atoms with Crippen LogP contribution >= 0.6 is 0 Å². The average Bonchev–Trinajstić information content (AvgIpc) is 2.69. The van der Waals surface area contributed by atoms with Crippen molar-refractivity contribution in [1.29, 1.82) is 0 Å². The van der Waals surface area contributed by atoms with Crippen molar-refractivity contribution in [1.82, 2.24) is 9.78 Å². The molecule has 1 atom stereocenters. The Bertz CT molecular complexity index is 512. The van der Waals surface area contributed by atoms with Gasteiger partial charge >= 0.3 is 5.97 Å². The molecule has 0 radical (unpaired) electrons. The van der Waals surface area contributed by atoms with E-state index in [0.29, 0.717) is 30.5 Å². The van der Waals surface area contributed by atoms with Crippen LogP contribution in [-0.2, 0) is 28.1 Å². The molecule has 1 N–H and O–H groups in total. The van der Waals surface area contributed by atoms with Gasteiger partial charge in [0.25, 0.3) is 6.43 Å². The summed E-state index contributed by atoms with van der Waals surface area (Å²) in [5, 5.41) is 14.2. The second kappa shape index (κ2) is 5.47. The lowest BCUT2D eigenvalue weighted by atomic mass is 9.84. The van der Waals surface area contributed by atoms with Crippen LogP contribution in [-0.4, -0.2) is 27.5 Å². The smallest absolute Gasteiger partial charge is 0.327 e. The molecule has 1 aliphatic rings. The van der Waals surface area contributed by atoms with Crippen molar-refractivity contribution in [3.8, 4) is 0 Å². The maximum Gasteiger partial charge on any atom is 0.327 e. The Labute approximate surface area is 115 Å². The quantitative estimate of drug-likeness (QED) is 0.860. The first-order chi connectivity index (χ1) is 9.36. The number of fused-ring (bicyclic) bond motifs is 1. The minimum atomic E-state index is -2.72. The van der Waals surface area contributed by atoms with Gasteiger partial charge in [-0.1, -0.05) is 0 Å². The Morgan fingerprint density at radius 1 is 1.60 bits per heavy atom. The third-order valence-corrected chi connectivity index (χ3v) is 3.47. The first-order valence-corrected chi connectivity index (χ1v) is 6.63. The molecule has 0 saturated heterocycles. The van der Waals surface area contributed by atoms with Crippen molar-refractivity contribution >= 4 is 5.97 Å². The van der Waals surface area contributed by atoms with Gasteiger partial charge in [-0.3, -0.25) is 9.48 Å². The zero-order valence-electron chi connectivity index (χ0n) is 11.5. The summed E-state index contributed by atoms with van der Waals surface area (Å²) < 4.78 is 32.0. The average molecular weight is 288 g/mol. The number of hydrogen-bond donors (Lipinski definition) is 1. The molecule has 7 heteroatoms. The van der Waals surface area contributed by atoms with Crippen LogP contribution in [0.5, 0.6) is 0 Å². The highest BCUT2D eigenvalue weighted by molar-refractivity contribution is 5.69. The highest BCUT2D eigenvalue weighted by Gasteiger charge is 2.38. The lowest BCUT2D eigenvalue weighted by Crippen LogP contribution is -2.31. The Kier molecular flexibility index (Phi) is 4.08. The van der Waals surface area contributed by atoms with Gasteiger partial charge in [0, 0.05) is 5.56 Å². The van der Waals surface area contributed by atoms with Gasteiger partial charge in [-0.25, -0.2) is 8.78 Å². The summed E-state index contributed by atoms with van der Waals surface area (Å²) in [6.45, 7) is 3.17. The Hall–Kier alpha value is -1.50. The number of rotatable bonds is 4. The fraction of sp³-hybridized carbons (Fsp3) is 0.692. The van der Waals surface area contributed by atoms with E-state index in [1.807, 2.05) is 0 Å². The lowest BCUT2D eigenvalue weighted by molar-refractivity contribution is -0.144. The molecule has 0 fully saturated rings. The summed E-state index contributed by atoms with van der Waals surface area (Å²) in [6, 6.07) is 0. The fourth-order valence-electron chi connectivity index (χ4n) is 2.71. The first-order valence-electron chi connectivity index (χ1n) is 6.63. The van der Waals surface area contributed by atoms with Crippen molar-refractivity contribution in [2.45, 2.75) is 51.7 Å². The summed E-state index contributed by atoms with van der Waals surface area (Å²) in [5.41, 5.74) is -0.919. The first kappa shape index (κ1) is 14.9.